The van der Waals surface area contributed by atoms with E-state index in [-0.39, 0.29) is 88.0 Å². The van der Waals surface area contributed by atoms with Gasteiger partial charge in [-0.25, -0.2) is 0 Å². The van der Waals surface area contributed by atoms with Crippen LogP contribution < -0.4 is 0 Å². The molecule has 0 aromatic heterocycles. The van der Waals surface area contributed by atoms with Crippen LogP contribution in [-0.4, -0.2) is 94.4 Å². The molecule has 10 nitrogen and oxygen atoms in total. The molecule has 17 atom stereocenters. The van der Waals surface area contributed by atoms with Gasteiger partial charge in [0.1, 0.15) is 12.2 Å². The molecule has 2 aliphatic heterocycles. The maximum Gasteiger partial charge on any atom is 0.302 e. The molecular formula is C40H62O10. The van der Waals surface area contributed by atoms with Crippen molar-refractivity contribution < 1.29 is 49.0 Å². The van der Waals surface area contributed by atoms with Crippen molar-refractivity contribution in [1.29, 1.82) is 0 Å². The van der Waals surface area contributed by atoms with E-state index in [4.69, 9.17) is 18.9 Å². The second kappa shape index (κ2) is 13.1. The van der Waals surface area contributed by atoms with Gasteiger partial charge in [-0.15, -0.1) is 0 Å². The van der Waals surface area contributed by atoms with Crippen LogP contribution in [0.25, 0.3) is 0 Å². The van der Waals surface area contributed by atoms with Crippen molar-refractivity contribution in [3.63, 3.8) is 0 Å². The third-order valence-corrected chi connectivity index (χ3v) is 15.7. The first-order chi connectivity index (χ1) is 23.5. The Kier molecular flexibility index (Phi) is 9.62. The molecule has 2 heterocycles. The lowest BCUT2D eigenvalue weighted by Gasteiger charge is -2.61. The number of fused-ring (bicyclic) bond motifs is 10. The molecule has 6 aliphatic carbocycles. The highest BCUT2D eigenvalue weighted by Crippen LogP contribution is 2.63. The first kappa shape index (κ1) is 36.8. The van der Waals surface area contributed by atoms with E-state index >= 15 is 0 Å². The van der Waals surface area contributed by atoms with Gasteiger partial charge in [-0.05, 0) is 93.8 Å². The highest BCUT2D eigenvalue weighted by molar-refractivity contribution is 5.66. The summed E-state index contributed by atoms with van der Waals surface area (Å²) in [6.45, 7) is 12.9. The lowest BCUT2D eigenvalue weighted by molar-refractivity contribution is -0.253. The summed E-state index contributed by atoms with van der Waals surface area (Å²) >= 11 is 0. The molecule has 0 spiro atoms. The van der Waals surface area contributed by atoms with E-state index < -0.39 is 12.2 Å². The fourth-order valence-electron chi connectivity index (χ4n) is 12.9. The van der Waals surface area contributed by atoms with Gasteiger partial charge in [0.05, 0.1) is 49.8 Å². The minimum Gasteiger partial charge on any atom is -0.462 e. The van der Waals surface area contributed by atoms with Gasteiger partial charge < -0.3 is 39.4 Å². The average Bonchev–Trinajstić information content (AvgIpc) is 3.54. The predicted molar refractivity (Wildman–Crippen MR) is 183 cm³/mol. The highest BCUT2D eigenvalue weighted by atomic mass is 16.6. The summed E-state index contributed by atoms with van der Waals surface area (Å²) in [5.41, 5.74) is 0.640. The van der Waals surface area contributed by atoms with E-state index in [1.54, 1.807) is 0 Å². The van der Waals surface area contributed by atoms with Crippen molar-refractivity contribution in [1.82, 2.24) is 0 Å². The molecule has 2 saturated heterocycles. The largest absolute Gasteiger partial charge is 0.462 e. The molecule has 10 heteroatoms. The second-order valence-electron chi connectivity index (χ2n) is 18.6. The Labute approximate surface area is 297 Å². The van der Waals surface area contributed by atoms with Crippen LogP contribution in [0.1, 0.15) is 112 Å². The smallest absolute Gasteiger partial charge is 0.302 e. The van der Waals surface area contributed by atoms with E-state index in [0.717, 1.165) is 69.8 Å². The van der Waals surface area contributed by atoms with Crippen LogP contribution >= 0.6 is 0 Å². The number of esters is 2. The number of hydrogen-bond acceptors (Lipinski definition) is 10. The molecule has 5 saturated carbocycles. The number of ether oxygens (including phenoxy) is 4. The van der Waals surface area contributed by atoms with E-state index in [9.17, 15) is 30.0 Å². The van der Waals surface area contributed by atoms with E-state index in [1.807, 2.05) is 6.08 Å². The van der Waals surface area contributed by atoms with Gasteiger partial charge in [0.25, 0.3) is 0 Å². The topological polar surface area (TPSA) is 152 Å². The normalized spacial score (nSPS) is 53.4. The number of carbonyl (C=O) groups is 2. The fourth-order valence-corrected chi connectivity index (χ4v) is 12.9. The van der Waals surface area contributed by atoms with Crippen LogP contribution in [-0.2, 0) is 28.5 Å². The van der Waals surface area contributed by atoms with Gasteiger partial charge in [0.15, 0.2) is 0 Å². The number of rotatable bonds is 2. The van der Waals surface area contributed by atoms with Crippen LogP contribution in [0.5, 0.6) is 0 Å². The Morgan fingerprint density at radius 3 is 1.86 bits per heavy atom. The zero-order chi connectivity index (χ0) is 36.0. The molecule has 7 fully saturated rings. The molecule has 0 amide bonds. The van der Waals surface area contributed by atoms with Crippen LogP contribution in [0.3, 0.4) is 0 Å². The first-order valence-electron chi connectivity index (χ1n) is 19.5. The predicted octanol–water partition coefficient (Wildman–Crippen LogP) is 4.48. The van der Waals surface area contributed by atoms with Crippen molar-refractivity contribution in [2.75, 3.05) is 13.2 Å². The summed E-state index contributed by atoms with van der Waals surface area (Å²) in [6.07, 6.45) is 9.54. The molecule has 7 unspecified atom stereocenters. The van der Waals surface area contributed by atoms with Crippen molar-refractivity contribution in [2.45, 2.75) is 161 Å². The summed E-state index contributed by atoms with van der Waals surface area (Å²) in [6, 6.07) is 0. The van der Waals surface area contributed by atoms with E-state index in [2.05, 4.69) is 27.7 Å². The molecule has 0 aromatic carbocycles. The number of carbonyl (C=O) groups excluding carboxylic acids is 2. The molecule has 8 aliphatic rings. The van der Waals surface area contributed by atoms with Gasteiger partial charge in [0.2, 0.25) is 0 Å². The van der Waals surface area contributed by atoms with Crippen molar-refractivity contribution in [2.24, 2.45) is 51.2 Å². The molecule has 50 heavy (non-hydrogen) atoms. The number of aliphatic hydroxyl groups excluding tert-OH is 4. The third-order valence-electron chi connectivity index (χ3n) is 15.7. The first-order valence-corrected chi connectivity index (χ1v) is 19.5. The van der Waals surface area contributed by atoms with Gasteiger partial charge in [0, 0.05) is 41.9 Å². The second-order valence-corrected chi connectivity index (χ2v) is 18.6. The van der Waals surface area contributed by atoms with Crippen LogP contribution in [0.15, 0.2) is 11.6 Å². The molecule has 0 aromatic rings. The monoisotopic (exact) mass is 702 g/mol. The van der Waals surface area contributed by atoms with Gasteiger partial charge in [-0.1, -0.05) is 39.3 Å². The summed E-state index contributed by atoms with van der Waals surface area (Å²) in [7, 11) is 0. The lowest BCUT2D eigenvalue weighted by Crippen LogP contribution is -2.64. The van der Waals surface area contributed by atoms with Crippen molar-refractivity contribution in [3.05, 3.63) is 11.6 Å². The van der Waals surface area contributed by atoms with E-state index in [1.165, 1.54) is 13.8 Å². The van der Waals surface area contributed by atoms with Crippen LogP contribution in [0.4, 0.5) is 0 Å². The summed E-state index contributed by atoms with van der Waals surface area (Å²) in [5, 5.41) is 42.1. The quantitative estimate of drug-likeness (QED) is 0.240. The Morgan fingerprint density at radius 2 is 1.26 bits per heavy atom. The van der Waals surface area contributed by atoms with Gasteiger partial charge in [-0.3, -0.25) is 9.59 Å². The molecule has 4 N–H and O–H groups in total. The highest BCUT2D eigenvalue weighted by Gasteiger charge is 2.65. The summed E-state index contributed by atoms with van der Waals surface area (Å²) in [4.78, 5) is 23.0. The Morgan fingerprint density at radius 1 is 0.700 bits per heavy atom. The number of hydrogen-bond donors (Lipinski definition) is 4. The zero-order valence-electron chi connectivity index (χ0n) is 31.0. The zero-order valence-corrected chi connectivity index (χ0v) is 31.0. The van der Waals surface area contributed by atoms with Gasteiger partial charge >= 0.3 is 11.9 Å². The van der Waals surface area contributed by atoms with Crippen molar-refractivity contribution in [3.8, 4) is 0 Å². The van der Waals surface area contributed by atoms with Crippen LogP contribution in [0.2, 0.25) is 0 Å². The Bertz CT molecular complexity index is 1350. The maximum atomic E-state index is 11.5. The summed E-state index contributed by atoms with van der Waals surface area (Å²) in [5.74, 6) is 0.601. The van der Waals surface area contributed by atoms with E-state index in [0.29, 0.717) is 31.5 Å². The Balaban J connectivity index is 0.000000157. The minimum atomic E-state index is -0.556. The molecular weight excluding hydrogens is 640 g/mol. The molecule has 0 bridgehead atoms. The maximum absolute atomic E-state index is 11.5. The average molecular weight is 703 g/mol. The summed E-state index contributed by atoms with van der Waals surface area (Å²) < 4.78 is 24.1. The van der Waals surface area contributed by atoms with Gasteiger partial charge in [-0.2, -0.15) is 0 Å². The number of aliphatic hydroxyl groups is 4. The minimum absolute atomic E-state index is 0.0239. The molecule has 0 radical (unpaired) electrons. The standard InChI is InChI=1S/C20H32O5.C20H30O5/c2*1-11(21)25-16-5-4-14-17-15(23)9-12-8-13(22)6-7-19(12,2)18(17)24-10-20(14,16)3/h12-18,22-23H,4-10H2,1-3H3;9,13-18,22-23H,4-8,10H2,1-3H3/t12?,13-,14?,15-,16-,17?,18?,19-,20-;13-,14?,15-,16-,17?,18?,19-,20-/m00/s1. The molecule has 8 rings (SSSR count). The lowest BCUT2D eigenvalue weighted by atomic mass is 9.50. The fraction of sp³-hybridized carbons (Fsp3) is 0.900. The molecule has 282 valence electrons. The Hall–Kier alpha value is -1.56. The van der Waals surface area contributed by atoms with Crippen molar-refractivity contribution >= 4 is 11.9 Å². The third kappa shape index (κ3) is 5.81. The van der Waals surface area contributed by atoms with Crippen LogP contribution in [0, 0.1) is 51.2 Å². The SMILES string of the molecule is CC(=O)O[C@H]1CCC2C3C(OC[C@@]21C)[C@@]1(C)CC[C@H](O)CC1=C[C@@H]3O.CC(=O)O[C@H]1CCC2C3C(OC[C@@]21C)[C@@]1(C)CC[C@H](O)CC1C[C@@H]3O.